The molecule has 25 heavy (non-hydrogen) atoms. The standard InChI is InChI=1S/C19H17BrN4O/c20-16-8-4-7-15(13-16)18-21-19(24-9-11-25-12-10-24)17(22-23-18)14-5-2-1-3-6-14/h1-8,13H,9-12H2. The molecule has 1 aliphatic heterocycles. The Labute approximate surface area is 154 Å². The van der Waals surface area contributed by atoms with Gasteiger partial charge in [0.25, 0.3) is 0 Å². The minimum absolute atomic E-state index is 0.627. The fourth-order valence-electron chi connectivity index (χ4n) is 2.85. The predicted octanol–water partition coefficient (Wildman–Crippen LogP) is 3.80. The summed E-state index contributed by atoms with van der Waals surface area (Å²) in [6, 6.07) is 18.0. The molecule has 0 unspecified atom stereocenters. The number of morpholine rings is 1. The average Bonchev–Trinajstić information content (AvgIpc) is 2.69. The molecule has 3 aromatic rings. The van der Waals surface area contributed by atoms with Gasteiger partial charge in [-0.25, -0.2) is 4.98 Å². The lowest BCUT2D eigenvalue weighted by molar-refractivity contribution is 0.122. The molecule has 0 saturated carbocycles. The molecule has 0 spiro atoms. The van der Waals surface area contributed by atoms with Gasteiger partial charge in [-0.05, 0) is 12.1 Å². The number of hydrogen-bond donors (Lipinski definition) is 0. The first-order chi connectivity index (χ1) is 12.3. The number of benzene rings is 2. The summed E-state index contributed by atoms with van der Waals surface area (Å²) >= 11 is 3.50. The normalized spacial score (nSPS) is 14.5. The Morgan fingerprint density at radius 3 is 2.40 bits per heavy atom. The van der Waals surface area contributed by atoms with Crippen LogP contribution < -0.4 is 4.90 Å². The number of halogens is 1. The van der Waals surface area contributed by atoms with Gasteiger partial charge in [-0.15, -0.1) is 10.2 Å². The van der Waals surface area contributed by atoms with Crippen molar-refractivity contribution in [3.05, 3.63) is 59.1 Å². The molecule has 0 N–H and O–H groups in total. The van der Waals surface area contributed by atoms with E-state index in [0.29, 0.717) is 19.0 Å². The largest absolute Gasteiger partial charge is 0.378 e. The third kappa shape index (κ3) is 3.55. The van der Waals surface area contributed by atoms with Crippen molar-refractivity contribution in [1.29, 1.82) is 0 Å². The van der Waals surface area contributed by atoms with E-state index in [0.717, 1.165) is 40.2 Å². The Morgan fingerprint density at radius 1 is 0.880 bits per heavy atom. The van der Waals surface area contributed by atoms with E-state index in [1.165, 1.54) is 0 Å². The van der Waals surface area contributed by atoms with E-state index in [4.69, 9.17) is 9.72 Å². The molecule has 1 saturated heterocycles. The molecule has 5 nitrogen and oxygen atoms in total. The Kier molecular flexibility index (Phi) is 4.72. The summed E-state index contributed by atoms with van der Waals surface area (Å²) in [5, 5.41) is 8.90. The van der Waals surface area contributed by atoms with Gasteiger partial charge >= 0.3 is 0 Å². The van der Waals surface area contributed by atoms with Crippen LogP contribution in [0.25, 0.3) is 22.6 Å². The summed E-state index contributed by atoms with van der Waals surface area (Å²) in [4.78, 5) is 7.08. The van der Waals surface area contributed by atoms with Gasteiger partial charge in [-0.1, -0.05) is 58.4 Å². The number of ether oxygens (including phenoxy) is 1. The number of hydrogen-bond acceptors (Lipinski definition) is 5. The Hall–Kier alpha value is -2.31. The third-order valence-corrected chi connectivity index (χ3v) is 4.60. The maximum absolute atomic E-state index is 5.49. The molecule has 0 aliphatic carbocycles. The lowest BCUT2D eigenvalue weighted by atomic mass is 10.1. The average molecular weight is 397 g/mol. The highest BCUT2D eigenvalue weighted by Crippen LogP contribution is 2.29. The third-order valence-electron chi connectivity index (χ3n) is 4.11. The molecule has 0 atom stereocenters. The first-order valence-electron chi connectivity index (χ1n) is 8.20. The van der Waals surface area contributed by atoms with Crippen molar-refractivity contribution >= 4 is 21.7 Å². The van der Waals surface area contributed by atoms with Crippen molar-refractivity contribution in [2.45, 2.75) is 0 Å². The maximum atomic E-state index is 5.49. The van der Waals surface area contributed by atoms with Crippen LogP contribution in [-0.4, -0.2) is 41.5 Å². The highest BCUT2D eigenvalue weighted by Gasteiger charge is 2.20. The summed E-state index contributed by atoms with van der Waals surface area (Å²) in [6.07, 6.45) is 0. The van der Waals surface area contributed by atoms with Crippen molar-refractivity contribution in [1.82, 2.24) is 15.2 Å². The number of nitrogens with zero attached hydrogens (tertiary/aromatic N) is 4. The van der Waals surface area contributed by atoms with Gasteiger partial charge in [0.1, 0.15) is 5.69 Å². The second-order valence-corrected chi connectivity index (χ2v) is 6.70. The van der Waals surface area contributed by atoms with E-state index in [9.17, 15) is 0 Å². The monoisotopic (exact) mass is 396 g/mol. The molecule has 0 radical (unpaired) electrons. The van der Waals surface area contributed by atoms with E-state index in [2.05, 4.69) is 31.0 Å². The molecular weight excluding hydrogens is 380 g/mol. The van der Waals surface area contributed by atoms with E-state index in [-0.39, 0.29) is 0 Å². The Morgan fingerprint density at radius 2 is 1.64 bits per heavy atom. The zero-order valence-corrected chi connectivity index (χ0v) is 15.2. The van der Waals surface area contributed by atoms with Crippen LogP contribution in [0.2, 0.25) is 0 Å². The van der Waals surface area contributed by atoms with E-state index in [1.54, 1.807) is 0 Å². The molecule has 6 heteroatoms. The summed E-state index contributed by atoms with van der Waals surface area (Å²) < 4.78 is 6.48. The second kappa shape index (κ2) is 7.29. The summed E-state index contributed by atoms with van der Waals surface area (Å²) in [7, 11) is 0. The maximum Gasteiger partial charge on any atom is 0.183 e. The molecule has 2 aromatic carbocycles. The van der Waals surface area contributed by atoms with E-state index < -0.39 is 0 Å². The Balaban J connectivity index is 1.82. The van der Waals surface area contributed by atoms with Crippen LogP contribution in [0.15, 0.2) is 59.1 Å². The van der Waals surface area contributed by atoms with Crippen LogP contribution in [0.4, 0.5) is 5.82 Å². The number of anilines is 1. The quantitative estimate of drug-likeness (QED) is 0.673. The molecular formula is C19H17BrN4O. The zero-order chi connectivity index (χ0) is 17.1. The molecule has 0 bridgehead atoms. The van der Waals surface area contributed by atoms with Gasteiger partial charge in [-0.2, -0.15) is 0 Å². The first kappa shape index (κ1) is 16.2. The highest BCUT2D eigenvalue weighted by molar-refractivity contribution is 9.10. The van der Waals surface area contributed by atoms with Crippen molar-refractivity contribution in [3.8, 4) is 22.6 Å². The van der Waals surface area contributed by atoms with Gasteiger partial charge < -0.3 is 9.64 Å². The molecule has 1 aromatic heterocycles. The zero-order valence-electron chi connectivity index (χ0n) is 13.6. The Bertz CT molecular complexity index is 866. The molecule has 126 valence electrons. The van der Waals surface area contributed by atoms with Crippen LogP contribution in [0.5, 0.6) is 0 Å². The van der Waals surface area contributed by atoms with Gasteiger partial charge in [-0.3, -0.25) is 0 Å². The smallest absolute Gasteiger partial charge is 0.183 e. The first-order valence-corrected chi connectivity index (χ1v) is 8.99. The van der Waals surface area contributed by atoms with Crippen LogP contribution >= 0.6 is 15.9 Å². The molecule has 0 amide bonds. The van der Waals surface area contributed by atoms with Crippen LogP contribution in [0, 0.1) is 0 Å². The molecule has 1 fully saturated rings. The van der Waals surface area contributed by atoms with Gasteiger partial charge in [0.2, 0.25) is 0 Å². The van der Waals surface area contributed by atoms with Gasteiger partial charge in [0.05, 0.1) is 13.2 Å². The summed E-state index contributed by atoms with van der Waals surface area (Å²) in [5.41, 5.74) is 2.77. The van der Waals surface area contributed by atoms with Crippen molar-refractivity contribution in [3.63, 3.8) is 0 Å². The fraction of sp³-hybridized carbons (Fsp3) is 0.211. The number of rotatable bonds is 3. The topological polar surface area (TPSA) is 51.1 Å². The lowest BCUT2D eigenvalue weighted by Gasteiger charge is -2.29. The van der Waals surface area contributed by atoms with Crippen LogP contribution in [0.1, 0.15) is 0 Å². The molecule has 4 rings (SSSR count). The van der Waals surface area contributed by atoms with Crippen molar-refractivity contribution < 1.29 is 4.74 Å². The predicted molar refractivity (Wildman–Crippen MR) is 101 cm³/mol. The van der Waals surface area contributed by atoms with Crippen molar-refractivity contribution in [2.24, 2.45) is 0 Å². The SMILES string of the molecule is Brc1cccc(-c2nnc(-c3ccccc3)c(N3CCOCC3)n2)c1. The highest BCUT2D eigenvalue weighted by atomic mass is 79.9. The fourth-order valence-corrected chi connectivity index (χ4v) is 3.25. The van der Waals surface area contributed by atoms with E-state index >= 15 is 0 Å². The van der Waals surface area contributed by atoms with Crippen molar-refractivity contribution in [2.75, 3.05) is 31.2 Å². The minimum Gasteiger partial charge on any atom is -0.378 e. The molecule has 2 heterocycles. The number of aromatic nitrogens is 3. The van der Waals surface area contributed by atoms with Crippen LogP contribution in [-0.2, 0) is 4.74 Å². The van der Waals surface area contributed by atoms with Gasteiger partial charge in [0.15, 0.2) is 11.6 Å². The van der Waals surface area contributed by atoms with Crippen LogP contribution in [0.3, 0.4) is 0 Å². The molecule has 1 aliphatic rings. The summed E-state index contributed by atoms with van der Waals surface area (Å²) in [5.74, 6) is 1.49. The summed E-state index contributed by atoms with van der Waals surface area (Å²) in [6.45, 7) is 3.00. The second-order valence-electron chi connectivity index (χ2n) is 5.78. The lowest BCUT2D eigenvalue weighted by Crippen LogP contribution is -2.37. The minimum atomic E-state index is 0.627. The van der Waals surface area contributed by atoms with Gasteiger partial charge in [0, 0.05) is 28.7 Å². The van der Waals surface area contributed by atoms with E-state index in [1.807, 2.05) is 54.6 Å².